The van der Waals surface area contributed by atoms with E-state index in [1.165, 1.54) is 6.08 Å². The molecule has 0 saturated heterocycles. The predicted octanol–water partition coefficient (Wildman–Crippen LogP) is 4.81. The molecule has 0 saturated carbocycles. The zero-order valence-electron chi connectivity index (χ0n) is 18.2. The normalized spacial score (nSPS) is 10.9. The smallest absolute Gasteiger partial charge is 0.244 e. The molecule has 0 aliphatic rings. The lowest BCUT2D eigenvalue weighted by molar-refractivity contribution is -0.116. The Balaban J connectivity index is 1.16. The Bertz CT molecular complexity index is 1200. The summed E-state index contributed by atoms with van der Waals surface area (Å²) in [5, 5.41) is 3.92. The third kappa shape index (κ3) is 6.64. The van der Waals surface area contributed by atoms with Crippen LogP contribution < -0.4 is 14.8 Å². The minimum Gasteiger partial charge on any atom is -0.491 e. The van der Waals surface area contributed by atoms with Crippen molar-refractivity contribution in [3.8, 4) is 11.5 Å². The molecule has 0 aliphatic carbocycles. The highest BCUT2D eigenvalue weighted by molar-refractivity contribution is 5.91. The zero-order chi connectivity index (χ0) is 22.7. The van der Waals surface area contributed by atoms with E-state index in [0.29, 0.717) is 26.2 Å². The van der Waals surface area contributed by atoms with Crippen LogP contribution in [0.2, 0.25) is 0 Å². The van der Waals surface area contributed by atoms with Gasteiger partial charge in [-0.25, -0.2) is 0 Å². The molecule has 33 heavy (non-hydrogen) atoms. The van der Waals surface area contributed by atoms with Crippen molar-refractivity contribution in [2.24, 2.45) is 0 Å². The maximum Gasteiger partial charge on any atom is 0.244 e. The van der Waals surface area contributed by atoms with Gasteiger partial charge < -0.3 is 14.8 Å². The van der Waals surface area contributed by atoms with Gasteiger partial charge in [0.1, 0.15) is 23.6 Å². The van der Waals surface area contributed by atoms with Crippen LogP contribution in [0.3, 0.4) is 0 Å². The third-order valence-corrected chi connectivity index (χ3v) is 4.91. The summed E-state index contributed by atoms with van der Waals surface area (Å²) in [6.45, 7) is 1.49. The lowest BCUT2D eigenvalue weighted by Crippen LogP contribution is -2.23. The van der Waals surface area contributed by atoms with E-state index in [4.69, 9.17) is 9.47 Å². The topological polar surface area (TPSA) is 73.3 Å². The Labute approximate surface area is 192 Å². The van der Waals surface area contributed by atoms with Gasteiger partial charge in [0.25, 0.3) is 0 Å². The molecule has 0 unspecified atom stereocenters. The van der Waals surface area contributed by atoms with Gasteiger partial charge in [-0.05, 0) is 48.4 Å². The van der Waals surface area contributed by atoms with Crippen LogP contribution in [0.4, 0.5) is 0 Å². The molecule has 1 amide bonds. The summed E-state index contributed by atoms with van der Waals surface area (Å²) in [5.41, 5.74) is 2.78. The Morgan fingerprint density at radius 1 is 0.939 bits per heavy atom. The van der Waals surface area contributed by atoms with Crippen LogP contribution in [0.25, 0.3) is 17.0 Å². The number of hydrogen-bond donors (Lipinski definition) is 1. The highest BCUT2D eigenvalue weighted by Crippen LogP contribution is 2.22. The fourth-order valence-corrected chi connectivity index (χ4v) is 3.21. The molecule has 6 heteroatoms. The average Bonchev–Trinajstić information content (AvgIpc) is 2.87. The van der Waals surface area contributed by atoms with Crippen molar-refractivity contribution < 1.29 is 14.3 Å². The first-order valence-corrected chi connectivity index (χ1v) is 10.8. The molecule has 0 atom stereocenters. The average molecular weight is 440 g/mol. The Morgan fingerprint density at radius 2 is 1.79 bits per heavy atom. The van der Waals surface area contributed by atoms with Gasteiger partial charge in [-0.1, -0.05) is 36.4 Å². The highest BCUT2D eigenvalue weighted by Gasteiger charge is 2.03. The van der Waals surface area contributed by atoms with E-state index in [2.05, 4.69) is 15.3 Å². The quantitative estimate of drug-likeness (QED) is 0.284. The molecule has 2 aromatic heterocycles. The van der Waals surface area contributed by atoms with Gasteiger partial charge in [0, 0.05) is 42.2 Å². The predicted molar refractivity (Wildman–Crippen MR) is 129 cm³/mol. The van der Waals surface area contributed by atoms with Crippen LogP contribution in [0, 0.1) is 0 Å². The molecule has 2 aromatic carbocycles. The van der Waals surface area contributed by atoms with Crippen LogP contribution in [0.15, 0.2) is 91.4 Å². The molecule has 166 valence electrons. The summed E-state index contributed by atoms with van der Waals surface area (Å²) in [5.74, 6) is 1.38. The van der Waals surface area contributed by atoms with Gasteiger partial charge in [0.05, 0.1) is 6.61 Å². The van der Waals surface area contributed by atoms with E-state index >= 15 is 0 Å². The van der Waals surface area contributed by atoms with Crippen molar-refractivity contribution >= 4 is 22.9 Å². The van der Waals surface area contributed by atoms with E-state index in [0.717, 1.165) is 33.5 Å². The lowest BCUT2D eigenvalue weighted by atomic mass is 10.2. The summed E-state index contributed by atoms with van der Waals surface area (Å²) >= 11 is 0. The zero-order valence-corrected chi connectivity index (χ0v) is 18.2. The molecular weight excluding hydrogens is 414 g/mol. The fraction of sp³-hybridized carbons (Fsp3) is 0.148. The summed E-state index contributed by atoms with van der Waals surface area (Å²) in [6, 6.07) is 21.2. The minimum atomic E-state index is -0.140. The maximum atomic E-state index is 12.1. The third-order valence-electron chi connectivity index (χ3n) is 4.91. The van der Waals surface area contributed by atoms with Gasteiger partial charge in [-0.3, -0.25) is 14.8 Å². The Hall–Kier alpha value is -4.19. The number of nitrogens with zero attached hydrogens (tertiary/aromatic N) is 2. The number of nitrogens with one attached hydrogen (secondary N) is 1. The van der Waals surface area contributed by atoms with Crippen molar-refractivity contribution in [3.63, 3.8) is 0 Å². The number of rotatable bonds is 10. The number of carbonyl (C=O) groups is 1. The molecule has 0 fully saturated rings. The van der Waals surface area contributed by atoms with Gasteiger partial charge >= 0.3 is 0 Å². The van der Waals surface area contributed by atoms with Crippen LogP contribution >= 0.6 is 0 Å². The standard InChI is InChI=1S/C27H25N3O3/c31-26(29-17-4-18-32-25-8-1-6-23-7-3-16-30-27(23)25)14-11-21-9-12-24(13-10-21)33-20-22-5-2-15-28-19-22/h1-3,5-16,19H,4,17-18,20H2,(H,29,31)/b14-11+. The molecule has 6 nitrogen and oxygen atoms in total. The van der Waals surface area contributed by atoms with Crippen LogP contribution in [-0.4, -0.2) is 29.0 Å². The highest BCUT2D eigenvalue weighted by atomic mass is 16.5. The van der Waals surface area contributed by atoms with E-state index in [1.807, 2.05) is 66.7 Å². The Morgan fingerprint density at radius 3 is 2.64 bits per heavy atom. The van der Waals surface area contributed by atoms with Gasteiger partial charge in [-0.15, -0.1) is 0 Å². The Kier molecular flexibility index (Phi) is 7.63. The molecule has 2 heterocycles. The van der Waals surface area contributed by atoms with E-state index in [-0.39, 0.29) is 5.91 Å². The first-order chi connectivity index (χ1) is 16.3. The molecule has 0 bridgehead atoms. The van der Waals surface area contributed by atoms with E-state index < -0.39 is 0 Å². The number of aromatic nitrogens is 2. The first kappa shape index (κ1) is 22.0. The number of amides is 1. The number of ether oxygens (including phenoxy) is 2. The first-order valence-electron chi connectivity index (χ1n) is 10.8. The second kappa shape index (κ2) is 11.4. The number of pyridine rings is 2. The maximum absolute atomic E-state index is 12.1. The van der Waals surface area contributed by atoms with Gasteiger partial charge in [0.15, 0.2) is 0 Å². The minimum absolute atomic E-state index is 0.140. The number of carbonyl (C=O) groups excluding carboxylic acids is 1. The number of hydrogen-bond acceptors (Lipinski definition) is 5. The molecule has 0 aliphatic heterocycles. The molecule has 4 rings (SSSR count). The molecular formula is C27H25N3O3. The monoisotopic (exact) mass is 439 g/mol. The molecule has 1 N–H and O–H groups in total. The van der Waals surface area contributed by atoms with Crippen molar-refractivity contribution in [2.75, 3.05) is 13.2 Å². The summed E-state index contributed by atoms with van der Waals surface area (Å²) < 4.78 is 11.6. The SMILES string of the molecule is O=C(/C=C/c1ccc(OCc2cccnc2)cc1)NCCCOc1cccc2cccnc12. The van der Waals surface area contributed by atoms with Crippen molar-refractivity contribution in [2.45, 2.75) is 13.0 Å². The van der Waals surface area contributed by atoms with E-state index in [1.54, 1.807) is 24.7 Å². The lowest BCUT2D eigenvalue weighted by Gasteiger charge is -2.08. The molecule has 4 aromatic rings. The molecule has 0 radical (unpaired) electrons. The van der Waals surface area contributed by atoms with Gasteiger partial charge in [-0.2, -0.15) is 0 Å². The second-order valence-corrected chi connectivity index (χ2v) is 7.38. The van der Waals surface area contributed by atoms with Crippen LogP contribution in [0.5, 0.6) is 11.5 Å². The second-order valence-electron chi connectivity index (χ2n) is 7.38. The van der Waals surface area contributed by atoms with E-state index in [9.17, 15) is 4.79 Å². The fourth-order valence-electron chi connectivity index (χ4n) is 3.21. The number of benzene rings is 2. The summed E-state index contributed by atoms with van der Waals surface area (Å²) in [4.78, 5) is 20.5. The summed E-state index contributed by atoms with van der Waals surface area (Å²) in [6.07, 6.45) is 9.28. The largest absolute Gasteiger partial charge is 0.491 e. The number of fused-ring (bicyclic) bond motifs is 1. The molecule has 0 spiro atoms. The number of para-hydroxylation sites is 1. The van der Waals surface area contributed by atoms with Crippen molar-refractivity contribution in [1.82, 2.24) is 15.3 Å². The van der Waals surface area contributed by atoms with Crippen molar-refractivity contribution in [1.29, 1.82) is 0 Å². The summed E-state index contributed by atoms with van der Waals surface area (Å²) in [7, 11) is 0. The van der Waals surface area contributed by atoms with Crippen molar-refractivity contribution in [3.05, 3.63) is 103 Å². The van der Waals surface area contributed by atoms with Gasteiger partial charge in [0.2, 0.25) is 5.91 Å². The van der Waals surface area contributed by atoms with Crippen LogP contribution in [0.1, 0.15) is 17.5 Å². The van der Waals surface area contributed by atoms with Crippen LogP contribution in [-0.2, 0) is 11.4 Å².